The van der Waals surface area contributed by atoms with Gasteiger partial charge in [0.25, 0.3) is 0 Å². The lowest BCUT2D eigenvalue weighted by molar-refractivity contribution is -0.148. The number of esters is 1. The lowest BCUT2D eigenvalue weighted by Crippen LogP contribution is -2.44. The molecule has 0 radical (unpaired) electrons. The first kappa shape index (κ1) is 16.9. The van der Waals surface area contributed by atoms with Gasteiger partial charge in [0, 0.05) is 16.7 Å². The number of hydrogen-bond donors (Lipinski definition) is 0. The summed E-state index contributed by atoms with van der Waals surface area (Å²) < 4.78 is 5.11. The third-order valence-electron chi connectivity index (χ3n) is 8.10. The maximum Gasteiger partial charge on any atom is 0.315 e. The van der Waals surface area contributed by atoms with Gasteiger partial charge in [0.15, 0.2) is 0 Å². The van der Waals surface area contributed by atoms with Crippen molar-refractivity contribution in [1.29, 1.82) is 0 Å². The van der Waals surface area contributed by atoms with Crippen LogP contribution < -0.4 is 0 Å². The van der Waals surface area contributed by atoms with E-state index in [-0.39, 0.29) is 32.1 Å². The molecule has 5 rings (SSSR count). The van der Waals surface area contributed by atoms with Crippen LogP contribution in [0.3, 0.4) is 0 Å². The highest BCUT2D eigenvalue weighted by molar-refractivity contribution is 9.25. The highest BCUT2D eigenvalue weighted by Gasteiger charge is 2.87. The number of carbonyl (C=O) groups is 1. The third kappa shape index (κ3) is 1.61. The highest BCUT2D eigenvalue weighted by Crippen LogP contribution is 2.84. The van der Waals surface area contributed by atoms with Crippen LogP contribution in [0.15, 0.2) is 12.2 Å². The minimum absolute atomic E-state index is 0.0625. The molecule has 6 atom stereocenters. The Morgan fingerprint density at radius 1 is 1.25 bits per heavy atom. The fourth-order valence-electron chi connectivity index (χ4n) is 6.47. The first-order valence-electron chi connectivity index (χ1n) is 8.67. The molecule has 0 N–H and O–H groups in total. The van der Waals surface area contributed by atoms with E-state index in [0.29, 0.717) is 5.92 Å². The lowest BCUT2D eigenvalue weighted by atomic mass is 9.65. The molecule has 4 saturated carbocycles. The second-order valence-electron chi connectivity index (χ2n) is 8.90. The molecule has 5 fully saturated rings. The van der Waals surface area contributed by atoms with Crippen LogP contribution in [0.4, 0.5) is 0 Å². The normalized spacial score (nSPS) is 56.0. The van der Waals surface area contributed by atoms with Crippen LogP contribution >= 0.6 is 55.1 Å². The standard InChI is InChI=1S/C18H20Br2Cl2O2/c1-9-3-5-14(2)12(24-13(23)16(14)8-17(16,19)20)11-10(9)4-6-15(11)7-18(15,21)22/h10-12H,1,3-8H2,2H3/t10-,11-,12+,14+,15-,16+/m0/s1. The van der Waals surface area contributed by atoms with Crippen molar-refractivity contribution in [3.8, 4) is 0 Å². The molecule has 0 amide bonds. The topological polar surface area (TPSA) is 26.3 Å². The molecule has 1 saturated heterocycles. The Kier molecular flexibility index (Phi) is 3.11. The van der Waals surface area contributed by atoms with E-state index in [1.807, 2.05) is 0 Å². The average molecular weight is 499 g/mol. The Balaban J connectivity index is 1.65. The van der Waals surface area contributed by atoms with Gasteiger partial charge in [-0.2, -0.15) is 0 Å². The van der Waals surface area contributed by atoms with Crippen molar-refractivity contribution in [2.45, 2.75) is 59.1 Å². The van der Waals surface area contributed by atoms with Gasteiger partial charge >= 0.3 is 5.97 Å². The van der Waals surface area contributed by atoms with Crippen molar-refractivity contribution in [1.82, 2.24) is 0 Å². The van der Waals surface area contributed by atoms with Crippen LogP contribution in [0.1, 0.15) is 45.4 Å². The van der Waals surface area contributed by atoms with Crippen molar-refractivity contribution in [2.75, 3.05) is 0 Å². The van der Waals surface area contributed by atoms with Gasteiger partial charge < -0.3 is 4.74 Å². The fourth-order valence-corrected chi connectivity index (χ4v) is 9.46. The van der Waals surface area contributed by atoms with Crippen LogP contribution in [-0.2, 0) is 9.53 Å². The van der Waals surface area contributed by atoms with Gasteiger partial charge in [-0.3, -0.25) is 4.79 Å². The maximum atomic E-state index is 13.0. The van der Waals surface area contributed by atoms with Crippen LogP contribution in [0.25, 0.3) is 0 Å². The van der Waals surface area contributed by atoms with Crippen molar-refractivity contribution in [2.24, 2.45) is 28.1 Å². The molecular weight excluding hydrogens is 479 g/mol. The number of allylic oxidation sites excluding steroid dienone is 1. The molecule has 1 heterocycles. The number of ether oxygens (including phenoxy) is 1. The Bertz CT molecular complexity index is 693. The van der Waals surface area contributed by atoms with E-state index in [9.17, 15) is 4.79 Å². The number of carbonyl (C=O) groups excluding carboxylic acids is 1. The Labute approximate surface area is 169 Å². The zero-order valence-electron chi connectivity index (χ0n) is 13.5. The molecule has 24 heavy (non-hydrogen) atoms. The Morgan fingerprint density at radius 3 is 2.42 bits per heavy atom. The van der Waals surface area contributed by atoms with Gasteiger partial charge in [-0.15, -0.1) is 23.2 Å². The molecule has 0 unspecified atom stereocenters. The fraction of sp³-hybridized carbons (Fsp3) is 0.833. The van der Waals surface area contributed by atoms with Crippen molar-refractivity contribution < 1.29 is 9.53 Å². The molecule has 2 spiro atoms. The first-order valence-corrected chi connectivity index (χ1v) is 11.0. The van der Waals surface area contributed by atoms with E-state index >= 15 is 0 Å². The Morgan fingerprint density at radius 2 is 1.88 bits per heavy atom. The first-order chi connectivity index (χ1) is 11.0. The quantitative estimate of drug-likeness (QED) is 0.242. The Hall–Kier alpha value is 0.750. The summed E-state index contributed by atoms with van der Waals surface area (Å²) in [5.41, 5.74) is 0.482. The smallest absolute Gasteiger partial charge is 0.315 e. The van der Waals surface area contributed by atoms with Crippen LogP contribution in [0.2, 0.25) is 0 Å². The summed E-state index contributed by atoms with van der Waals surface area (Å²) in [6, 6.07) is 0. The van der Waals surface area contributed by atoms with Crippen molar-refractivity contribution in [3.05, 3.63) is 12.2 Å². The van der Waals surface area contributed by atoms with Gasteiger partial charge in [-0.25, -0.2) is 0 Å². The minimum atomic E-state index is -0.677. The average Bonchev–Trinajstić information content (AvgIpc) is 3.14. The van der Waals surface area contributed by atoms with E-state index in [2.05, 4.69) is 45.4 Å². The zero-order chi connectivity index (χ0) is 17.3. The second-order valence-corrected chi connectivity index (χ2v) is 14.2. The van der Waals surface area contributed by atoms with Gasteiger partial charge in [0.1, 0.15) is 15.9 Å². The van der Waals surface area contributed by atoms with E-state index in [1.165, 1.54) is 5.57 Å². The van der Waals surface area contributed by atoms with E-state index in [4.69, 9.17) is 27.9 Å². The minimum Gasteiger partial charge on any atom is -0.461 e. The number of alkyl halides is 4. The van der Waals surface area contributed by atoms with Crippen molar-refractivity contribution in [3.63, 3.8) is 0 Å². The van der Waals surface area contributed by atoms with Gasteiger partial charge in [0.05, 0.1) is 3.23 Å². The highest BCUT2D eigenvalue weighted by atomic mass is 79.9. The van der Waals surface area contributed by atoms with Gasteiger partial charge in [0.2, 0.25) is 0 Å². The molecular formula is C18H20Br2Cl2O2. The van der Waals surface area contributed by atoms with Crippen LogP contribution in [0.5, 0.6) is 0 Å². The molecule has 6 heteroatoms. The van der Waals surface area contributed by atoms with E-state index in [0.717, 1.165) is 38.5 Å². The number of rotatable bonds is 0. The van der Waals surface area contributed by atoms with Crippen LogP contribution in [0, 0.1) is 28.1 Å². The summed E-state index contributed by atoms with van der Waals surface area (Å²) in [5, 5.41) is 0. The van der Waals surface area contributed by atoms with E-state index < -0.39 is 9.75 Å². The summed E-state index contributed by atoms with van der Waals surface area (Å²) in [5.74, 6) is 0.512. The summed E-state index contributed by atoms with van der Waals surface area (Å²) in [6.07, 6.45) is 5.43. The predicted octanol–water partition coefficient (Wildman–Crippen LogP) is 5.73. The molecule has 0 aromatic carbocycles. The third-order valence-corrected chi connectivity index (χ3v) is 11.0. The monoisotopic (exact) mass is 496 g/mol. The number of fused-ring (bicyclic) bond motifs is 5. The maximum absolute atomic E-state index is 13.0. The molecule has 0 aromatic heterocycles. The molecule has 4 aliphatic carbocycles. The largest absolute Gasteiger partial charge is 0.461 e. The predicted molar refractivity (Wildman–Crippen MR) is 102 cm³/mol. The van der Waals surface area contributed by atoms with Gasteiger partial charge in [-0.05, 0) is 44.4 Å². The molecule has 5 aliphatic rings. The summed E-state index contributed by atoms with van der Waals surface area (Å²) >= 11 is 20.7. The number of hydrogen-bond acceptors (Lipinski definition) is 2. The summed E-state index contributed by atoms with van der Waals surface area (Å²) in [6.45, 7) is 6.63. The lowest BCUT2D eigenvalue weighted by Gasteiger charge is -2.38. The summed E-state index contributed by atoms with van der Waals surface area (Å²) in [4.78, 5) is 13.0. The molecule has 0 bridgehead atoms. The van der Waals surface area contributed by atoms with Crippen LogP contribution in [-0.4, -0.2) is 19.6 Å². The second kappa shape index (κ2) is 4.42. The number of halogens is 4. The van der Waals surface area contributed by atoms with Crippen molar-refractivity contribution >= 4 is 61.0 Å². The van der Waals surface area contributed by atoms with E-state index in [1.54, 1.807) is 0 Å². The van der Waals surface area contributed by atoms with Gasteiger partial charge in [-0.1, -0.05) is 50.9 Å². The molecule has 132 valence electrons. The molecule has 0 aromatic rings. The zero-order valence-corrected chi connectivity index (χ0v) is 18.2. The molecule has 2 nitrogen and oxygen atoms in total. The summed E-state index contributed by atoms with van der Waals surface area (Å²) in [7, 11) is 0. The SMILES string of the molecule is C=C1CC[C@]2(C)[C@H](OC(=O)[C@]23CC3(Br)Br)[C@@H]2[C@H]1CC[C@]21CC1(Cl)Cl. The molecule has 1 aliphatic heterocycles.